The van der Waals surface area contributed by atoms with Crippen LogP contribution in [-0.4, -0.2) is 15.9 Å². The lowest BCUT2D eigenvalue weighted by molar-refractivity contribution is -0.123. The van der Waals surface area contributed by atoms with Crippen LogP contribution in [0.15, 0.2) is 64.7 Å². The van der Waals surface area contributed by atoms with E-state index in [4.69, 9.17) is 33.0 Å². The first-order valence-electron chi connectivity index (χ1n) is 10.2. The predicted molar refractivity (Wildman–Crippen MR) is 129 cm³/mol. The molecule has 1 unspecified atom stereocenters. The van der Waals surface area contributed by atoms with Crippen LogP contribution in [0.25, 0.3) is 6.08 Å². The molecule has 1 N–H and O–H groups in total. The Labute approximate surface area is 197 Å². The first-order valence-corrected chi connectivity index (χ1v) is 11.0. The van der Waals surface area contributed by atoms with E-state index in [9.17, 15) is 4.79 Å². The Morgan fingerprint density at radius 1 is 1.16 bits per heavy atom. The number of nitrogens with one attached hydrogen (secondary N) is 1. The van der Waals surface area contributed by atoms with Crippen LogP contribution in [0.4, 0.5) is 0 Å². The molecule has 0 spiro atoms. The number of carbonyl (C=O) groups excluding carboxylic acids is 1. The molecule has 0 bridgehead atoms. The number of furan rings is 1. The summed E-state index contributed by atoms with van der Waals surface area (Å²) < 4.78 is 11.7. The zero-order valence-corrected chi connectivity index (χ0v) is 19.6. The number of carbonyl (C=O) groups is 1. The fourth-order valence-corrected chi connectivity index (χ4v) is 4.08. The highest BCUT2D eigenvalue weighted by Crippen LogP contribution is 2.28. The van der Waals surface area contributed by atoms with E-state index < -0.39 is 0 Å². The van der Waals surface area contributed by atoms with E-state index in [0.717, 1.165) is 27.5 Å². The first-order chi connectivity index (χ1) is 15.3. The molecule has 3 aromatic rings. The third-order valence-corrected chi connectivity index (χ3v) is 6.23. The molecule has 0 radical (unpaired) electrons. The van der Waals surface area contributed by atoms with Gasteiger partial charge in [0.1, 0.15) is 29.6 Å². The van der Waals surface area contributed by atoms with Crippen molar-refractivity contribution in [3.8, 4) is 5.75 Å². The Balaban J connectivity index is 1.45. The summed E-state index contributed by atoms with van der Waals surface area (Å²) in [5.74, 6) is 1.72. The highest BCUT2D eigenvalue weighted by atomic mass is 35.5. The normalized spacial score (nSPS) is 15.9. The molecular weight excluding hydrogens is 444 g/mol. The maximum Gasteiger partial charge on any atom is 0.277 e. The van der Waals surface area contributed by atoms with Gasteiger partial charge in [0, 0.05) is 11.1 Å². The second-order valence-electron chi connectivity index (χ2n) is 7.71. The highest BCUT2D eigenvalue weighted by molar-refractivity contribution is 7.80. The molecule has 32 heavy (non-hydrogen) atoms. The molecule has 1 amide bonds. The number of nitrogens with zero attached hydrogens (tertiary/aromatic N) is 1. The van der Waals surface area contributed by atoms with Crippen LogP contribution >= 0.6 is 23.8 Å². The molecule has 164 valence electrons. The van der Waals surface area contributed by atoms with Gasteiger partial charge in [0.05, 0.1) is 6.04 Å². The molecule has 1 atom stereocenters. The zero-order chi connectivity index (χ0) is 22.8. The van der Waals surface area contributed by atoms with Gasteiger partial charge in [-0.05, 0) is 73.9 Å². The molecule has 0 saturated carbocycles. The molecule has 1 aromatic heterocycles. The fraction of sp³-hybridized carbons (Fsp3) is 0.200. The monoisotopic (exact) mass is 466 g/mol. The van der Waals surface area contributed by atoms with Crippen molar-refractivity contribution in [2.24, 2.45) is 0 Å². The Morgan fingerprint density at radius 3 is 2.53 bits per heavy atom. The smallest absolute Gasteiger partial charge is 0.277 e. The minimum atomic E-state index is -0.187. The summed E-state index contributed by atoms with van der Waals surface area (Å²) in [6.07, 6.45) is 1.66. The van der Waals surface area contributed by atoms with Crippen LogP contribution in [0.1, 0.15) is 41.2 Å². The molecule has 0 aliphatic carbocycles. The van der Waals surface area contributed by atoms with Crippen molar-refractivity contribution < 1.29 is 13.9 Å². The van der Waals surface area contributed by atoms with E-state index in [1.54, 1.807) is 17.0 Å². The Bertz CT molecular complexity index is 1180. The van der Waals surface area contributed by atoms with Crippen molar-refractivity contribution in [2.75, 3.05) is 0 Å². The molecule has 1 aliphatic rings. The lowest BCUT2D eigenvalue weighted by Crippen LogP contribution is -2.33. The molecule has 2 aromatic carbocycles. The van der Waals surface area contributed by atoms with E-state index in [-0.39, 0.29) is 18.6 Å². The van der Waals surface area contributed by atoms with Gasteiger partial charge in [0.15, 0.2) is 5.11 Å². The van der Waals surface area contributed by atoms with Crippen LogP contribution in [0.3, 0.4) is 0 Å². The number of hydrogen-bond donors (Lipinski definition) is 1. The minimum Gasteiger partial charge on any atom is -0.486 e. The maximum absolute atomic E-state index is 13.0. The zero-order valence-electron chi connectivity index (χ0n) is 18.0. The minimum absolute atomic E-state index is 0.179. The van der Waals surface area contributed by atoms with Crippen molar-refractivity contribution in [3.05, 3.63) is 93.5 Å². The van der Waals surface area contributed by atoms with Gasteiger partial charge in [0.25, 0.3) is 5.91 Å². The Morgan fingerprint density at radius 2 is 1.84 bits per heavy atom. The maximum atomic E-state index is 13.0. The number of amides is 1. The molecule has 1 fully saturated rings. The van der Waals surface area contributed by atoms with Gasteiger partial charge in [-0.2, -0.15) is 0 Å². The molecule has 5 nitrogen and oxygen atoms in total. The van der Waals surface area contributed by atoms with E-state index in [2.05, 4.69) is 5.32 Å². The van der Waals surface area contributed by atoms with Crippen molar-refractivity contribution >= 4 is 40.9 Å². The number of hydrogen-bond acceptors (Lipinski definition) is 4. The number of aryl methyl sites for hydroxylation is 2. The van der Waals surface area contributed by atoms with Crippen molar-refractivity contribution in [1.82, 2.24) is 10.2 Å². The van der Waals surface area contributed by atoms with Crippen LogP contribution in [0.2, 0.25) is 5.02 Å². The summed E-state index contributed by atoms with van der Waals surface area (Å²) in [7, 11) is 0. The summed E-state index contributed by atoms with van der Waals surface area (Å²) in [6.45, 7) is 6.10. The second-order valence-corrected chi connectivity index (χ2v) is 8.48. The molecule has 7 heteroatoms. The molecule has 2 heterocycles. The first kappa shape index (κ1) is 22.1. The third kappa shape index (κ3) is 4.56. The quantitative estimate of drug-likeness (QED) is 0.359. The van der Waals surface area contributed by atoms with Crippen molar-refractivity contribution in [3.63, 3.8) is 0 Å². The van der Waals surface area contributed by atoms with Gasteiger partial charge in [-0.25, -0.2) is 0 Å². The second kappa shape index (κ2) is 9.18. The Kier molecular flexibility index (Phi) is 6.35. The van der Waals surface area contributed by atoms with E-state index in [1.807, 2.05) is 69.3 Å². The van der Waals surface area contributed by atoms with Gasteiger partial charge in [-0.1, -0.05) is 41.9 Å². The lowest BCUT2D eigenvalue weighted by Gasteiger charge is -2.23. The van der Waals surface area contributed by atoms with E-state index in [1.165, 1.54) is 0 Å². The summed E-state index contributed by atoms with van der Waals surface area (Å²) >= 11 is 11.6. The van der Waals surface area contributed by atoms with Gasteiger partial charge >= 0.3 is 0 Å². The van der Waals surface area contributed by atoms with Gasteiger partial charge in [0.2, 0.25) is 0 Å². The van der Waals surface area contributed by atoms with Gasteiger partial charge < -0.3 is 14.5 Å². The highest BCUT2D eigenvalue weighted by Gasteiger charge is 2.35. The van der Waals surface area contributed by atoms with Gasteiger partial charge in [-0.15, -0.1) is 0 Å². The van der Waals surface area contributed by atoms with Crippen molar-refractivity contribution in [1.29, 1.82) is 0 Å². The van der Waals surface area contributed by atoms with E-state index >= 15 is 0 Å². The van der Waals surface area contributed by atoms with E-state index in [0.29, 0.717) is 22.3 Å². The summed E-state index contributed by atoms with van der Waals surface area (Å²) in [5.41, 5.74) is 3.31. The average molecular weight is 467 g/mol. The topological polar surface area (TPSA) is 54.7 Å². The number of ether oxygens (including phenoxy) is 1. The summed E-state index contributed by atoms with van der Waals surface area (Å²) in [4.78, 5) is 14.6. The SMILES string of the molecule is Cc1cc(OCc2ccc(/C=C3\NC(=S)N(C(C)c4ccccc4)C3=O)o2)cc(C)c1Cl. The number of thiocarbonyl (C=S) groups is 1. The average Bonchev–Trinajstić information content (AvgIpc) is 3.34. The third-order valence-electron chi connectivity index (χ3n) is 5.34. The largest absolute Gasteiger partial charge is 0.486 e. The number of benzene rings is 2. The molecule has 4 rings (SSSR count). The van der Waals surface area contributed by atoms with Crippen LogP contribution in [0, 0.1) is 13.8 Å². The van der Waals surface area contributed by atoms with Crippen LogP contribution in [-0.2, 0) is 11.4 Å². The van der Waals surface area contributed by atoms with Crippen LogP contribution < -0.4 is 10.1 Å². The predicted octanol–water partition coefficient (Wildman–Crippen LogP) is 5.95. The standard InChI is InChI=1S/C25H23ClN2O3S/c1-15-11-21(12-16(2)23(15)26)30-14-20-10-9-19(31-20)13-22-24(29)28(25(32)27-22)17(3)18-7-5-4-6-8-18/h4-13,17H,14H2,1-3H3,(H,27,32)/b22-13-. The Hall–Kier alpha value is -3.09. The van der Waals surface area contributed by atoms with Crippen molar-refractivity contribution in [2.45, 2.75) is 33.4 Å². The molecule has 1 aliphatic heterocycles. The lowest BCUT2D eigenvalue weighted by atomic mass is 10.1. The summed E-state index contributed by atoms with van der Waals surface area (Å²) in [5, 5.41) is 4.12. The summed E-state index contributed by atoms with van der Waals surface area (Å²) in [6, 6.07) is 17.0. The molecule has 1 saturated heterocycles. The number of rotatable bonds is 6. The molecular formula is C25H23ClN2O3S. The fourth-order valence-electron chi connectivity index (χ4n) is 3.62. The number of halogens is 1. The van der Waals surface area contributed by atoms with Crippen LogP contribution in [0.5, 0.6) is 5.75 Å². The van der Waals surface area contributed by atoms with Gasteiger partial charge in [-0.3, -0.25) is 9.69 Å².